The third-order valence-corrected chi connectivity index (χ3v) is 3.27. The summed E-state index contributed by atoms with van der Waals surface area (Å²) in [5.74, 6) is 1.18. The zero-order valence-electron chi connectivity index (χ0n) is 11.2. The second kappa shape index (κ2) is 5.32. The fraction of sp³-hybridized carbons (Fsp3) is 0.500. The number of hydrogen-bond acceptors (Lipinski definition) is 5. The molecule has 0 spiro atoms. The number of hydrogen-bond donors (Lipinski definition) is 1. The van der Waals surface area contributed by atoms with Crippen molar-refractivity contribution in [3.63, 3.8) is 0 Å². The molecule has 0 aromatic carbocycles. The van der Waals surface area contributed by atoms with E-state index >= 15 is 0 Å². The van der Waals surface area contributed by atoms with E-state index in [0.717, 1.165) is 25.2 Å². The van der Waals surface area contributed by atoms with E-state index in [4.69, 9.17) is 4.74 Å². The standard InChI is InChI=1S/C12H16N6O2/c1-2-20-12(19)15-11-14-10-4-3-9(7-18(10)16-11)17-6-5-13-8-17/h5-6,8-9H,2-4,7H2,1H3,(H,15,16,19). The van der Waals surface area contributed by atoms with Crippen LogP contribution in [0.3, 0.4) is 0 Å². The second-order valence-electron chi connectivity index (χ2n) is 4.58. The Hall–Kier alpha value is -2.38. The van der Waals surface area contributed by atoms with Crippen LogP contribution in [-0.2, 0) is 17.7 Å². The topological polar surface area (TPSA) is 86.9 Å². The highest BCUT2D eigenvalue weighted by Gasteiger charge is 2.23. The Bertz CT molecular complexity index is 591. The van der Waals surface area contributed by atoms with Gasteiger partial charge in [-0.3, -0.25) is 5.32 Å². The molecular weight excluding hydrogens is 260 g/mol. The van der Waals surface area contributed by atoms with Gasteiger partial charge in [0.1, 0.15) is 5.82 Å². The molecule has 1 atom stereocenters. The SMILES string of the molecule is CCOC(=O)Nc1nc2n(n1)CC(n1ccnc1)CC2. The summed E-state index contributed by atoms with van der Waals surface area (Å²) in [5.41, 5.74) is 0. The Morgan fingerprint density at radius 2 is 2.50 bits per heavy atom. The number of carbonyl (C=O) groups is 1. The first-order chi connectivity index (χ1) is 9.76. The van der Waals surface area contributed by atoms with Crippen molar-refractivity contribution in [1.29, 1.82) is 0 Å². The van der Waals surface area contributed by atoms with Gasteiger partial charge in [-0.2, -0.15) is 4.98 Å². The predicted octanol–water partition coefficient (Wildman–Crippen LogP) is 1.23. The average Bonchev–Trinajstić information content (AvgIpc) is 3.06. The summed E-state index contributed by atoms with van der Waals surface area (Å²) in [6.07, 6.45) is 6.80. The number of amides is 1. The molecule has 0 saturated heterocycles. The molecule has 3 heterocycles. The molecule has 1 aliphatic rings. The molecule has 2 aromatic heterocycles. The molecule has 1 unspecified atom stereocenters. The molecule has 0 fully saturated rings. The molecular formula is C12H16N6O2. The lowest BCUT2D eigenvalue weighted by Gasteiger charge is -2.23. The van der Waals surface area contributed by atoms with Gasteiger partial charge < -0.3 is 9.30 Å². The monoisotopic (exact) mass is 276 g/mol. The highest BCUT2D eigenvalue weighted by atomic mass is 16.5. The summed E-state index contributed by atoms with van der Waals surface area (Å²) in [4.78, 5) is 19.7. The van der Waals surface area contributed by atoms with Crippen LogP contribution in [0.25, 0.3) is 0 Å². The minimum absolute atomic E-state index is 0.296. The first-order valence-electron chi connectivity index (χ1n) is 6.61. The van der Waals surface area contributed by atoms with Gasteiger partial charge in [-0.15, -0.1) is 5.10 Å². The number of anilines is 1. The van der Waals surface area contributed by atoms with Crippen LogP contribution < -0.4 is 5.32 Å². The lowest BCUT2D eigenvalue weighted by atomic mass is 10.1. The van der Waals surface area contributed by atoms with Crippen molar-refractivity contribution in [1.82, 2.24) is 24.3 Å². The van der Waals surface area contributed by atoms with E-state index < -0.39 is 6.09 Å². The predicted molar refractivity (Wildman–Crippen MR) is 70.3 cm³/mol. The van der Waals surface area contributed by atoms with Crippen LogP contribution in [0, 0.1) is 0 Å². The van der Waals surface area contributed by atoms with Gasteiger partial charge in [0, 0.05) is 18.8 Å². The number of carbonyl (C=O) groups excluding carboxylic acids is 1. The maximum atomic E-state index is 11.3. The van der Waals surface area contributed by atoms with Gasteiger partial charge in [0.05, 0.1) is 25.5 Å². The molecule has 0 bridgehead atoms. The van der Waals surface area contributed by atoms with Crippen LogP contribution >= 0.6 is 0 Å². The van der Waals surface area contributed by atoms with Crippen LogP contribution in [-0.4, -0.2) is 37.0 Å². The smallest absolute Gasteiger partial charge is 0.414 e. The number of fused-ring (bicyclic) bond motifs is 1. The Morgan fingerprint density at radius 3 is 3.25 bits per heavy atom. The fourth-order valence-corrected chi connectivity index (χ4v) is 2.33. The normalized spacial score (nSPS) is 17.6. The lowest BCUT2D eigenvalue weighted by molar-refractivity contribution is 0.167. The van der Waals surface area contributed by atoms with Crippen molar-refractivity contribution in [3.05, 3.63) is 24.5 Å². The first-order valence-corrected chi connectivity index (χ1v) is 6.61. The first kappa shape index (κ1) is 12.6. The number of aromatic nitrogens is 5. The lowest BCUT2D eigenvalue weighted by Crippen LogP contribution is -2.23. The number of nitrogens with one attached hydrogen (secondary N) is 1. The van der Waals surface area contributed by atoms with Crippen LogP contribution in [0.1, 0.15) is 25.2 Å². The highest BCUT2D eigenvalue weighted by Crippen LogP contribution is 2.23. The molecule has 1 N–H and O–H groups in total. The fourth-order valence-electron chi connectivity index (χ4n) is 2.33. The van der Waals surface area contributed by atoms with Gasteiger partial charge in [-0.05, 0) is 13.3 Å². The molecule has 106 valence electrons. The molecule has 8 nitrogen and oxygen atoms in total. The molecule has 1 amide bonds. The summed E-state index contributed by atoms with van der Waals surface area (Å²) in [6, 6.07) is 0.321. The number of imidazole rings is 1. The van der Waals surface area contributed by atoms with Crippen molar-refractivity contribution < 1.29 is 9.53 Å². The molecule has 20 heavy (non-hydrogen) atoms. The van der Waals surface area contributed by atoms with Crippen molar-refractivity contribution in [2.24, 2.45) is 0 Å². The zero-order valence-corrected chi connectivity index (χ0v) is 11.2. The van der Waals surface area contributed by atoms with Gasteiger partial charge in [-0.25, -0.2) is 14.5 Å². The third kappa shape index (κ3) is 2.49. The van der Waals surface area contributed by atoms with E-state index in [2.05, 4.69) is 25.0 Å². The summed E-state index contributed by atoms with van der Waals surface area (Å²) < 4.78 is 8.71. The van der Waals surface area contributed by atoms with Crippen LogP contribution in [0.15, 0.2) is 18.7 Å². The number of ether oxygens (including phenoxy) is 1. The number of rotatable bonds is 3. The Morgan fingerprint density at radius 1 is 1.60 bits per heavy atom. The molecule has 3 rings (SSSR count). The van der Waals surface area contributed by atoms with Crippen molar-refractivity contribution in [3.8, 4) is 0 Å². The van der Waals surface area contributed by atoms with Gasteiger partial charge in [0.15, 0.2) is 0 Å². The molecule has 0 aliphatic carbocycles. The minimum Gasteiger partial charge on any atom is -0.450 e. The molecule has 2 aromatic rings. The molecule has 8 heteroatoms. The van der Waals surface area contributed by atoms with E-state index in [1.54, 1.807) is 13.1 Å². The maximum absolute atomic E-state index is 11.3. The third-order valence-electron chi connectivity index (χ3n) is 3.27. The quantitative estimate of drug-likeness (QED) is 0.911. The molecule has 0 radical (unpaired) electrons. The van der Waals surface area contributed by atoms with Crippen molar-refractivity contribution in [2.75, 3.05) is 11.9 Å². The van der Waals surface area contributed by atoms with Gasteiger partial charge in [-0.1, -0.05) is 0 Å². The van der Waals surface area contributed by atoms with Gasteiger partial charge >= 0.3 is 6.09 Å². The Labute approximate surface area is 115 Å². The van der Waals surface area contributed by atoms with E-state index in [9.17, 15) is 4.79 Å². The van der Waals surface area contributed by atoms with Crippen molar-refractivity contribution >= 4 is 12.0 Å². The summed E-state index contributed by atoms with van der Waals surface area (Å²) in [5, 5.41) is 6.82. The minimum atomic E-state index is -0.526. The Balaban J connectivity index is 1.71. The van der Waals surface area contributed by atoms with E-state index in [1.807, 2.05) is 17.2 Å². The van der Waals surface area contributed by atoms with E-state index in [-0.39, 0.29) is 0 Å². The summed E-state index contributed by atoms with van der Waals surface area (Å²) in [7, 11) is 0. The van der Waals surface area contributed by atoms with Gasteiger partial charge in [0.2, 0.25) is 0 Å². The van der Waals surface area contributed by atoms with E-state index in [1.165, 1.54) is 0 Å². The van der Waals surface area contributed by atoms with Crippen molar-refractivity contribution in [2.45, 2.75) is 32.4 Å². The van der Waals surface area contributed by atoms with Gasteiger partial charge in [0.25, 0.3) is 5.95 Å². The largest absolute Gasteiger partial charge is 0.450 e. The summed E-state index contributed by atoms with van der Waals surface area (Å²) in [6.45, 7) is 2.80. The maximum Gasteiger partial charge on any atom is 0.414 e. The Kier molecular flexibility index (Phi) is 3.36. The van der Waals surface area contributed by atoms with Crippen LogP contribution in [0.4, 0.5) is 10.7 Å². The highest BCUT2D eigenvalue weighted by molar-refractivity contribution is 5.82. The zero-order chi connectivity index (χ0) is 13.9. The van der Waals surface area contributed by atoms with Crippen LogP contribution in [0.5, 0.6) is 0 Å². The molecule has 0 saturated carbocycles. The summed E-state index contributed by atoms with van der Waals surface area (Å²) >= 11 is 0. The average molecular weight is 276 g/mol. The van der Waals surface area contributed by atoms with Crippen LogP contribution in [0.2, 0.25) is 0 Å². The van der Waals surface area contributed by atoms with E-state index in [0.29, 0.717) is 18.6 Å². The number of aryl methyl sites for hydroxylation is 1. The number of nitrogens with zero attached hydrogens (tertiary/aromatic N) is 5. The second-order valence-corrected chi connectivity index (χ2v) is 4.58. The molecule has 1 aliphatic heterocycles.